The van der Waals surface area contributed by atoms with Crippen LogP contribution in [-0.4, -0.2) is 24.2 Å². The number of unbranched alkanes of at least 4 members (excludes halogenated alkanes) is 3. The molecule has 0 N–H and O–H groups in total. The van der Waals surface area contributed by atoms with E-state index in [0.29, 0.717) is 18.8 Å². The standard InChI is InChI=1S/C30H31N3O3/c1-23(2)30(34)36-21-9-5-4-8-20-35-29-17-15-27(16-18-29)32-33-28-14-12-25(24(3)22-28)11-13-26-10-6-7-19-31-26/h6-7,10,12,14-19,22H,1,4-5,8-9,20-21H2,2-3H3. The van der Waals surface area contributed by atoms with Crippen LogP contribution in [0, 0.1) is 18.8 Å². The maximum Gasteiger partial charge on any atom is 0.333 e. The van der Waals surface area contributed by atoms with Gasteiger partial charge in [0.25, 0.3) is 0 Å². The zero-order chi connectivity index (χ0) is 25.6. The molecule has 0 bridgehead atoms. The SMILES string of the molecule is C=C(C)C(=O)OCCCCCCOc1ccc(N=Nc2ccc(C#Cc3ccccn3)c(C)c2)cc1. The number of ether oxygens (including phenoxy) is 2. The van der Waals surface area contributed by atoms with Crippen LogP contribution in [0.5, 0.6) is 5.75 Å². The first kappa shape index (κ1) is 26.4. The summed E-state index contributed by atoms with van der Waals surface area (Å²) in [6.45, 7) is 8.30. The molecule has 1 heterocycles. The zero-order valence-electron chi connectivity index (χ0n) is 20.9. The van der Waals surface area contributed by atoms with E-state index in [1.54, 1.807) is 13.1 Å². The summed E-state index contributed by atoms with van der Waals surface area (Å²) in [5.74, 6) is 6.71. The van der Waals surface area contributed by atoms with Crippen LogP contribution in [0.15, 0.2) is 89.2 Å². The van der Waals surface area contributed by atoms with Gasteiger partial charge in [0.05, 0.1) is 24.6 Å². The number of carbonyl (C=O) groups excluding carboxylic acids is 1. The predicted molar refractivity (Wildman–Crippen MR) is 142 cm³/mol. The lowest BCUT2D eigenvalue weighted by Crippen LogP contribution is -2.06. The molecule has 1 aromatic heterocycles. The van der Waals surface area contributed by atoms with Gasteiger partial charge in [0, 0.05) is 17.3 Å². The molecule has 6 nitrogen and oxygen atoms in total. The molecule has 0 atom stereocenters. The number of pyridine rings is 1. The third-order valence-corrected chi connectivity index (χ3v) is 5.21. The van der Waals surface area contributed by atoms with Crippen LogP contribution in [0.25, 0.3) is 0 Å². The second-order valence-corrected chi connectivity index (χ2v) is 8.34. The third kappa shape index (κ3) is 9.19. The van der Waals surface area contributed by atoms with E-state index in [2.05, 4.69) is 33.6 Å². The highest BCUT2D eigenvalue weighted by atomic mass is 16.5. The number of hydrogen-bond acceptors (Lipinski definition) is 6. The minimum Gasteiger partial charge on any atom is -0.494 e. The van der Waals surface area contributed by atoms with Crippen LogP contribution in [-0.2, 0) is 9.53 Å². The van der Waals surface area contributed by atoms with Crippen molar-refractivity contribution in [3.63, 3.8) is 0 Å². The predicted octanol–water partition coefficient (Wildman–Crippen LogP) is 7.26. The molecule has 0 aliphatic rings. The van der Waals surface area contributed by atoms with Gasteiger partial charge in [0.1, 0.15) is 11.4 Å². The smallest absolute Gasteiger partial charge is 0.333 e. The molecule has 0 radical (unpaired) electrons. The molecule has 0 spiro atoms. The van der Waals surface area contributed by atoms with Crippen molar-refractivity contribution in [2.45, 2.75) is 39.5 Å². The number of azo groups is 1. The molecule has 0 fully saturated rings. The second-order valence-electron chi connectivity index (χ2n) is 8.34. The minimum absolute atomic E-state index is 0.323. The minimum atomic E-state index is -0.323. The average molecular weight is 482 g/mol. The number of aryl methyl sites for hydroxylation is 1. The molecular weight excluding hydrogens is 450 g/mol. The molecule has 0 saturated heterocycles. The van der Waals surface area contributed by atoms with Gasteiger partial charge >= 0.3 is 5.97 Å². The molecule has 6 heteroatoms. The molecule has 3 rings (SSSR count). The Bertz CT molecular complexity index is 1240. The van der Waals surface area contributed by atoms with Crippen LogP contribution in [0.2, 0.25) is 0 Å². The first-order valence-corrected chi connectivity index (χ1v) is 12.0. The van der Waals surface area contributed by atoms with Gasteiger partial charge in [0.15, 0.2) is 0 Å². The van der Waals surface area contributed by atoms with Crippen molar-refractivity contribution in [2.75, 3.05) is 13.2 Å². The molecule has 0 aliphatic heterocycles. The Balaban J connectivity index is 1.39. The van der Waals surface area contributed by atoms with E-state index >= 15 is 0 Å². The van der Waals surface area contributed by atoms with E-state index in [0.717, 1.165) is 59.6 Å². The Morgan fingerprint density at radius 1 is 0.917 bits per heavy atom. The Kier molecular flexibility index (Phi) is 10.4. The Labute approximate surface area is 213 Å². The van der Waals surface area contributed by atoms with E-state index in [9.17, 15) is 4.79 Å². The molecule has 36 heavy (non-hydrogen) atoms. The first-order valence-electron chi connectivity index (χ1n) is 12.0. The van der Waals surface area contributed by atoms with Crippen molar-refractivity contribution in [3.8, 4) is 17.6 Å². The third-order valence-electron chi connectivity index (χ3n) is 5.21. The molecule has 0 unspecified atom stereocenters. The van der Waals surface area contributed by atoms with Gasteiger partial charge in [-0.15, -0.1) is 0 Å². The summed E-state index contributed by atoms with van der Waals surface area (Å²) in [5.41, 5.74) is 4.67. The van der Waals surface area contributed by atoms with E-state index in [1.807, 2.05) is 67.6 Å². The quantitative estimate of drug-likeness (QED) is 0.0949. The molecule has 0 amide bonds. The molecule has 0 aliphatic carbocycles. The van der Waals surface area contributed by atoms with Gasteiger partial charge in [-0.1, -0.05) is 18.6 Å². The fourth-order valence-corrected chi connectivity index (χ4v) is 3.18. The van der Waals surface area contributed by atoms with Gasteiger partial charge in [-0.25, -0.2) is 9.78 Å². The van der Waals surface area contributed by atoms with Crippen molar-refractivity contribution >= 4 is 17.3 Å². The van der Waals surface area contributed by atoms with Gasteiger partial charge < -0.3 is 9.47 Å². The lowest BCUT2D eigenvalue weighted by molar-refractivity contribution is -0.139. The second kappa shape index (κ2) is 14.2. The zero-order valence-corrected chi connectivity index (χ0v) is 20.9. The van der Waals surface area contributed by atoms with Crippen LogP contribution in [0.3, 0.4) is 0 Å². The lowest BCUT2D eigenvalue weighted by atomic mass is 10.1. The largest absolute Gasteiger partial charge is 0.494 e. The normalized spacial score (nSPS) is 10.5. The van der Waals surface area contributed by atoms with Crippen LogP contribution in [0.4, 0.5) is 11.4 Å². The Morgan fingerprint density at radius 2 is 1.64 bits per heavy atom. The first-order chi connectivity index (χ1) is 17.5. The maximum atomic E-state index is 11.3. The summed E-state index contributed by atoms with van der Waals surface area (Å²) in [6, 6.07) is 19.1. The van der Waals surface area contributed by atoms with E-state index < -0.39 is 0 Å². The summed E-state index contributed by atoms with van der Waals surface area (Å²) < 4.78 is 10.9. The molecule has 184 valence electrons. The summed E-state index contributed by atoms with van der Waals surface area (Å²) >= 11 is 0. The number of hydrogen-bond donors (Lipinski definition) is 0. The number of nitrogens with zero attached hydrogens (tertiary/aromatic N) is 3. The number of esters is 1. The molecule has 2 aromatic carbocycles. The highest BCUT2D eigenvalue weighted by molar-refractivity contribution is 5.86. The van der Waals surface area contributed by atoms with Gasteiger partial charge in [-0.05, 0) is 106 Å². The summed E-state index contributed by atoms with van der Waals surface area (Å²) in [5, 5.41) is 8.67. The van der Waals surface area contributed by atoms with Crippen LogP contribution >= 0.6 is 0 Å². The number of carbonyl (C=O) groups is 1. The van der Waals surface area contributed by atoms with E-state index in [-0.39, 0.29) is 5.97 Å². The maximum absolute atomic E-state index is 11.3. The summed E-state index contributed by atoms with van der Waals surface area (Å²) in [6.07, 6.45) is 5.53. The highest BCUT2D eigenvalue weighted by Crippen LogP contribution is 2.23. The van der Waals surface area contributed by atoms with Gasteiger partial charge in [0.2, 0.25) is 0 Å². The summed E-state index contributed by atoms with van der Waals surface area (Å²) in [7, 11) is 0. The van der Waals surface area contributed by atoms with Crippen molar-refractivity contribution in [3.05, 3.63) is 95.8 Å². The number of aromatic nitrogens is 1. The average Bonchev–Trinajstić information content (AvgIpc) is 2.89. The Morgan fingerprint density at radius 3 is 2.33 bits per heavy atom. The van der Waals surface area contributed by atoms with Crippen molar-refractivity contribution in [2.24, 2.45) is 10.2 Å². The molecular formula is C30H31N3O3. The fourth-order valence-electron chi connectivity index (χ4n) is 3.18. The molecule has 0 saturated carbocycles. The number of benzene rings is 2. The van der Waals surface area contributed by atoms with Crippen LogP contribution < -0.4 is 4.74 Å². The van der Waals surface area contributed by atoms with Crippen LogP contribution in [0.1, 0.15) is 49.4 Å². The van der Waals surface area contributed by atoms with Gasteiger partial charge in [-0.2, -0.15) is 10.2 Å². The molecule has 3 aromatic rings. The van der Waals surface area contributed by atoms with Crippen molar-refractivity contribution in [1.29, 1.82) is 0 Å². The lowest BCUT2D eigenvalue weighted by Gasteiger charge is -2.07. The fraction of sp³-hybridized carbons (Fsp3) is 0.267. The van der Waals surface area contributed by atoms with E-state index in [4.69, 9.17) is 9.47 Å². The van der Waals surface area contributed by atoms with Crippen molar-refractivity contribution < 1.29 is 14.3 Å². The van der Waals surface area contributed by atoms with E-state index in [1.165, 1.54) is 0 Å². The monoisotopic (exact) mass is 481 g/mol. The number of rotatable bonds is 11. The highest BCUT2D eigenvalue weighted by Gasteiger charge is 2.02. The Hall–Kier alpha value is -4.24. The van der Waals surface area contributed by atoms with Gasteiger partial charge in [-0.3, -0.25) is 0 Å². The summed E-state index contributed by atoms with van der Waals surface area (Å²) in [4.78, 5) is 15.5. The topological polar surface area (TPSA) is 73.1 Å². The van der Waals surface area contributed by atoms with Crippen molar-refractivity contribution in [1.82, 2.24) is 4.98 Å².